The van der Waals surface area contributed by atoms with Gasteiger partial charge in [-0.15, -0.1) is 0 Å². The van der Waals surface area contributed by atoms with E-state index >= 15 is 4.39 Å². The monoisotopic (exact) mass is 791 g/mol. The zero-order valence-corrected chi connectivity index (χ0v) is 33.6. The van der Waals surface area contributed by atoms with Crippen LogP contribution >= 0.6 is 11.6 Å². The molecule has 1 saturated heterocycles. The first-order chi connectivity index (χ1) is 25.9. The fourth-order valence-electron chi connectivity index (χ4n) is 8.74. The standard InChI is InChI=1S/C40H55ClFN3O8S/c1-27-8-13-36(42)40(51-5,25-44(16-19-49-3)17-20-50-4)37-31(14-18-52-37)23-45-24-39(15-6-7-29-21-32(41)10-11-33(29)39)26-53-35-12-9-30(22-34(35)45)38(46)43-54(47,48)28(27)2/h9-13,21-22,27-28,31,37H,6-8,14-20,23-26H2,1-5H3,(H,43,46)/b36-13-/t27-,28+,31-,37+,39-,40-/m0/s1. The summed E-state index contributed by atoms with van der Waals surface area (Å²) >= 11 is 6.48. The van der Waals surface area contributed by atoms with Gasteiger partial charge in [-0.05, 0) is 92.5 Å². The average Bonchev–Trinajstić information content (AvgIpc) is 3.57. The first kappa shape index (κ1) is 40.9. The molecule has 11 nitrogen and oxygen atoms in total. The van der Waals surface area contributed by atoms with Crippen molar-refractivity contribution in [2.45, 2.75) is 68.3 Å². The molecule has 3 heterocycles. The third-order valence-electron chi connectivity index (χ3n) is 12.1. The normalized spacial score (nSPS) is 30.9. The Labute approximate surface area is 324 Å². The molecule has 1 fully saturated rings. The topological polar surface area (TPSA) is 116 Å². The number of amides is 1. The van der Waals surface area contributed by atoms with Gasteiger partial charge in [0.15, 0.2) is 5.60 Å². The second-order valence-electron chi connectivity index (χ2n) is 15.4. The molecule has 3 aliphatic heterocycles. The van der Waals surface area contributed by atoms with Crippen LogP contribution in [0.2, 0.25) is 5.02 Å². The number of methoxy groups -OCH3 is 3. The van der Waals surface area contributed by atoms with Crippen molar-refractivity contribution < 1.29 is 41.3 Å². The van der Waals surface area contributed by atoms with Crippen LogP contribution in [-0.4, -0.2) is 117 Å². The molecule has 0 saturated carbocycles. The van der Waals surface area contributed by atoms with Gasteiger partial charge in [0.2, 0.25) is 10.0 Å². The van der Waals surface area contributed by atoms with Gasteiger partial charge in [0.25, 0.3) is 5.91 Å². The molecule has 1 spiro atoms. The van der Waals surface area contributed by atoms with E-state index in [2.05, 4.69) is 20.6 Å². The van der Waals surface area contributed by atoms with Gasteiger partial charge in [-0.25, -0.2) is 17.5 Å². The Bertz CT molecular complexity index is 1790. The first-order valence-electron chi connectivity index (χ1n) is 19.0. The number of hydrogen-bond donors (Lipinski definition) is 1. The number of allylic oxidation sites excluding steroid dienone is 1. The molecular weight excluding hydrogens is 737 g/mol. The number of ether oxygens (including phenoxy) is 5. The van der Waals surface area contributed by atoms with Crippen LogP contribution in [0.4, 0.5) is 10.1 Å². The minimum atomic E-state index is -4.14. The maximum Gasteiger partial charge on any atom is 0.264 e. The third-order valence-corrected chi connectivity index (χ3v) is 14.2. The molecule has 2 aromatic rings. The van der Waals surface area contributed by atoms with Crippen LogP contribution in [0.3, 0.4) is 0 Å². The minimum Gasteiger partial charge on any atom is -0.490 e. The summed E-state index contributed by atoms with van der Waals surface area (Å²) in [5.41, 5.74) is 1.29. The summed E-state index contributed by atoms with van der Waals surface area (Å²) in [4.78, 5) is 18.0. The Morgan fingerprint density at radius 1 is 1.09 bits per heavy atom. The molecule has 2 bridgehead atoms. The van der Waals surface area contributed by atoms with Gasteiger partial charge >= 0.3 is 0 Å². The van der Waals surface area contributed by atoms with Crippen LogP contribution in [0, 0.1) is 11.8 Å². The predicted octanol–water partition coefficient (Wildman–Crippen LogP) is 5.54. The van der Waals surface area contributed by atoms with E-state index in [1.54, 1.807) is 39.3 Å². The number of benzene rings is 2. The van der Waals surface area contributed by atoms with Crippen molar-refractivity contribution in [2.24, 2.45) is 11.8 Å². The van der Waals surface area contributed by atoms with Gasteiger partial charge in [-0.2, -0.15) is 0 Å². The van der Waals surface area contributed by atoms with Crippen LogP contribution in [0.15, 0.2) is 48.3 Å². The lowest BCUT2D eigenvalue weighted by molar-refractivity contribution is -0.124. The molecule has 54 heavy (non-hydrogen) atoms. The SMILES string of the molecule is COCCN(CCOC)C[C@]1(OC)/C(F)=C/C[C@H](C)[C@@H](C)S(=O)(=O)NC(=O)c2ccc3c(c2)N(C[C@@H]2CCO[C@H]21)C[C@@]1(CCCc2cc(Cl)ccc21)CO3. The maximum absolute atomic E-state index is 17.3. The molecule has 298 valence electrons. The molecule has 0 aromatic heterocycles. The second kappa shape index (κ2) is 17.2. The van der Waals surface area contributed by atoms with Crippen LogP contribution in [-0.2, 0) is 40.8 Å². The molecule has 1 amide bonds. The van der Waals surface area contributed by atoms with Crippen LogP contribution in [0.5, 0.6) is 5.75 Å². The first-order valence-corrected chi connectivity index (χ1v) is 20.9. The van der Waals surface area contributed by atoms with Crippen molar-refractivity contribution in [3.05, 3.63) is 70.0 Å². The summed E-state index contributed by atoms with van der Waals surface area (Å²) in [6.07, 6.45) is 4.20. The predicted molar refractivity (Wildman–Crippen MR) is 207 cm³/mol. The molecule has 2 aromatic carbocycles. The lowest BCUT2D eigenvalue weighted by Gasteiger charge is -2.44. The van der Waals surface area contributed by atoms with E-state index in [0.717, 1.165) is 19.3 Å². The Morgan fingerprint density at radius 3 is 2.57 bits per heavy atom. The fourth-order valence-corrected chi connectivity index (χ4v) is 10.2. The highest BCUT2D eigenvalue weighted by atomic mass is 35.5. The molecule has 4 aliphatic rings. The zero-order chi connectivity index (χ0) is 38.7. The lowest BCUT2D eigenvalue weighted by Crippen LogP contribution is -2.58. The number of fused-ring (bicyclic) bond motifs is 4. The number of sulfonamides is 1. The van der Waals surface area contributed by atoms with Gasteiger partial charge in [-0.3, -0.25) is 9.69 Å². The minimum absolute atomic E-state index is 0.0923. The lowest BCUT2D eigenvalue weighted by atomic mass is 9.70. The Balaban J connectivity index is 1.49. The summed E-state index contributed by atoms with van der Waals surface area (Å²) in [6, 6.07) is 11.1. The van der Waals surface area contributed by atoms with Gasteiger partial charge in [0.1, 0.15) is 11.6 Å². The van der Waals surface area contributed by atoms with Crippen molar-refractivity contribution in [3.8, 4) is 5.75 Å². The smallest absolute Gasteiger partial charge is 0.264 e. The maximum atomic E-state index is 17.3. The summed E-state index contributed by atoms with van der Waals surface area (Å²) < 4.78 is 77.2. The number of halogens is 2. The van der Waals surface area contributed by atoms with E-state index in [1.165, 1.54) is 31.2 Å². The van der Waals surface area contributed by atoms with Crippen molar-refractivity contribution in [2.75, 3.05) is 85.4 Å². The second-order valence-corrected chi connectivity index (χ2v) is 17.9. The molecule has 6 atom stereocenters. The number of hydrogen-bond acceptors (Lipinski definition) is 10. The summed E-state index contributed by atoms with van der Waals surface area (Å²) in [5.74, 6) is -1.41. The van der Waals surface area contributed by atoms with Gasteiger partial charge in [0.05, 0.1) is 36.9 Å². The third kappa shape index (κ3) is 8.33. The number of carbonyl (C=O) groups is 1. The van der Waals surface area contributed by atoms with Crippen LogP contribution in [0.1, 0.15) is 61.0 Å². The quantitative estimate of drug-likeness (QED) is 0.348. The van der Waals surface area contributed by atoms with Gasteiger partial charge in [0, 0.05) is 82.6 Å². The highest BCUT2D eigenvalue weighted by Gasteiger charge is 2.52. The number of nitrogens with zero attached hydrogens (tertiary/aromatic N) is 2. The van der Waals surface area contributed by atoms with Gasteiger partial charge in [-0.1, -0.05) is 24.6 Å². The van der Waals surface area contributed by atoms with Crippen LogP contribution < -0.4 is 14.4 Å². The van der Waals surface area contributed by atoms with Crippen molar-refractivity contribution >= 4 is 33.2 Å². The van der Waals surface area contributed by atoms with Crippen molar-refractivity contribution in [1.82, 2.24) is 9.62 Å². The number of carbonyl (C=O) groups excluding carboxylic acids is 1. The molecule has 1 N–H and O–H groups in total. The molecule has 14 heteroatoms. The molecule has 0 unspecified atom stereocenters. The zero-order valence-electron chi connectivity index (χ0n) is 32.1. The molecular formula is C40H55ClFN3O8S. The fraction of sp³-hybridized carbons (Fsp3) is 0.625. The number of rotatable bonds is 9. The van der Waals surface area contributed by atoms with Crippen molar-refractivity contribution in [3.63, 3.8) is 0 Å². The van der Waals surface area contributed by atoms with E-state index in [0.29, 0.717) is 75.5 Å². The van der Waals surface area contributed by atoms with E-state index < -0.39 is 50.0 Å². The Morgan fingerprint density at radius 2 is 1.85 bits per heavy atom. The molecule has 6 rings (SSSR count). The summed E-state index contributed by atoms with van der Waals surface area (Å²) in [6.45, 7) is 7.07. The number of anilines is 1. The molecule has 0 radical (unpaired) electrons. The Hall–Kier alpha value is -2.78. The average molecular weight is 792 g/mol. The summed E-state index contributed by atoms with van der Waals surface area (Å²) in [7, 11) is 0.630. The van der Waals surface area contributed by atoms with E-state index in [9.17, 15) is 13.2 Å². The highest BCUT2D eigenvalue weighted by molar-refractivity contribution is 7.90. The van der Waals surface area contributed by atoms with Crippen molar-refractivity contribution in [1.29, 1.82) is 0 Å². The summed E-state index contributed by atoms with van der Waals surface area (Å²) in [5, 5.41) is -0.323. The largest absolute Gasteiger partial charge is 0.490 e. The van der Waals surface area contributed by atoms with Crippen LogP contribution in [0.25, 0.3) is 0 Å². The molecule has 1 aliphatic carbocycles. The Kier molecular flexibility index (Phi) is 13.0. The van der Waals surface area contributed by atoms with E-state index in [1.807, 2.05) is 12.1 Å². The number of nitrogens with one attached hydrogen (secondary N) is 1. The van der Waals surface area contributed by atoms with Gasteiger partial charge < -0.3 is 28.6 Å². The van der Waals surface area contributed by atoms with E-state index in [-0.39, 0.29) is 24.4 Å². The van der Waals surface area contributed by atoms with E-state index in [4.69, 9.17) is 35.3 Å². The highest BCUT2D eigenvalue weighted by Crippen LogP contribution is 2.46. The number of aryl methyl sites for hydroxylation is 1.